The van der Waals surface area contributed by atoms with E-state index in [1.165, 1.54) is 25.4 Å². The zero-order valence-corrected chi connectivity index (χ0v) is 17.4. The number of halogens is 3. The fourth-order valence-electron chi connectivity index (χ4n) is 2.61. The summed E-state index contributed by atoms with van der Waals surface area (Å²) in [5, 5.41) is 6.72. The van der Waals surface area contributed by atoms with Crippen LogP contribution in [0, 0.1) is 6.92 Å². The maximum absolute atomic E-state index is 13.0. The van der Waals surface area contributed by atoms with Crippen LogP contribution in [0.1, 0.15) is 38.3 Å². The number of nitrogens with zero attached hydrogens (tertiary/aromatic N) is 3. The minimum absolute atomic E-state index is 0.0498. The lowest BCUT2D eigenvalue weighted by Crippen LogP contribution is -2.14. The van der Waals surface area contributed by atoms with Gasteiger partial charge in [-0.05, 0) is 32.0 Å². The zero-order valence-electron chi connectivity index (χ0n) is 16.6. The van der Waals surface area contributed by atoms with E-state index in [0.29, 0.717) is 5.69 Å². The SMILES string of the molecule is CCOC(=O)c1sc(NC(=O)c2nn(-c3cccc(C(F)(F)F)c3)cc2OC)nc1C. The first kappa shape index (κ1) is 22.3. The Labute approximate surface area is 178 Å². The smallest absolute Gasteiger partial charge is 0.416 e. The maximum atomic E-state index is 13.0. The van der Waals surface area contributed by atoms with Crippen molar-refractivity contribution in [2.24, 2.45) is 0 Å². The lowest BCUT2D eigenvalue weighted by atomic mass is 10.2. The fraction of sp³-hybridized carbons (Fsp3) is 0.263. The molecule has 0 bridgehead atoms. The molecule has 164 valence electrons. The molecule has 1 amide bonds. The molecule has 1 aromatic carbocycles. The van der Waals surface area contributed by atoms with Gasteiger partial charge in [0.05, 0.1) is 36.9 Å². The Hall–Kier alpha value is -3.41. The number of alkyl halides is 3. The Morgan fingerprint density at radius 3 is 2.68 bits per heavy atom. The fourth-order valence-corrected chi connectivity index (χ4v) is 3.47. The highest BCUT2D eigenvalue weighted by Crippen LogP contribution is 2.31. The molecule has 0 fully saturated rings. The van der Waals surface area contributed by atoms with Crippen LogP contribution in [0.3, 0.4) is 0 Å². The minimum Gasteiger partial charge on any atom is -0.493 e. The second kappa shape index (κ2) is 8.76. The van der Waals surface area contributed by atoms with Gasteiger partial charge in [-0.15, -0.1) is 0 Å². The van der Waals surface area contributed by atoms with Crippen LogP contribution >= 0.6 is 11.3 Å². The molecule has 0 aliphatic carbocycles. The standard InChI is InChI=1S/C19H17F3N4O4S/c1-4-30-17(28)15-10(2)23-18(31-15)24-16(27)14-13(29-3)9-26(25-14)12-7-5-6-11(8-12)19(20,21)22/h5-9H,4H2,1-3H3,(H,23,24,27). The van der Waals surface area contributed by atoms with Crippen molar-refractivity contribution in [2.45, 2.75) is 20.0 Å². The van der Waals surface area contributed by atoms with Gasteiger partial charge in [0.15, 0.2) is 16.6 Å². The molecule has 0 spiro atoms. The number of aryl methyl sites for hydroxylation is 1. The van der Waals surface area contributed by atoms with E-state index in [1.54, 1.807) is 13.8 Å². The number of ether oxygens (including phenoxy) is 2. The average Bonchev–Trinajstić information content (AvgIpc) is 3.31. The summed E-state index contributed by atoms with van der Waals surface area (Å²) in [7, 11) is 1.30. The summed E-state index contributed by atoms with van der Waals surface area (Å²) in [5.74, 6) is -1.20. The van der Waals surface area contributed by atoms with Crippen molar-refractivity contribution < 1.29 is 32.2 Å². The van der Waals surface area contributed by atoms with Gasteiger partial charge in [0, 0.05) is 0 Å². The summed E-state index contributed by atoms with van der Waals surface area (Å²) in [6.45, 7) is 3.47. The maximum Gasteiger partial charge on any atom is 0.416 e. The molecule has 0 saturated heterocycles. The molecule has 8 nitrogen and oxygen atoms in total. The second-order valence-electron chi connectivity index (χ2n) is 6.15. The Morgan fingerprint density at radius 2 is 2.03 bits per heavy atom. The average molecular weight is 454 g/mol. The number of carbonyl (C=O) groups excluding carboxylic acids is 2. The molecule has 0 unspecified atom stereocenters. The van der Waals surface area contributed by atoms with Gasteiger partial charge in [0.1, 0.15) is 4.88 Å². The number of esters is 1. The summed E-state index contributed by atoms with van der Waals surface area (Å²) >= 11 is 0.934. The number of thiazole rings is 1. The van der Waals surface area contributed by atoms with Crippen LogP contribution in [-0.2, 0) is 10.9 Å². The third kappa shape index (κ3) is 4.85. The molecule has 0 radical (unpaired) electrons. The number of benzene rings is 1. The first-order valence-electron chi connectivity index (χ1n) is 8.91. The molecule has 1 N–H and O–H groups in total. The molecule has 0 saturated carbocycles. The van der Waals surface area contributed by atoms with Gasteiger partial charge in [-0.25, -0.2) is 14.5 Å². The Morgan fingerprint density at radius 1 is 1.29 bits per heavy atom. The minimum atomic E-state index is -4.52. The van der Waals surface area contributed by atoms with E-state index in [4.69, 9.17) is 9.47 Å². The number of aromatic nitrogens is 3. The van der Waals surface area contributed by atoms with Gasteiger partial charge in [-0.2, -0.15) is 18.3 Å². The number of anilines is 1. The van der Waals surface area contributed by atoms with E-state index in [2.05, 4.69) is 15.4 Å². The van der Waals surface area contributed by atoms with Crippen molar-refractivity contribution in [1.82, 2.24) is 14.8 Å². The van der Waals surface area contributed by atoms with Crippen molar-refractivity contribution in [3.8, 4) is 11.4 Å². The molecule has 2 aromatic heterocycles. The van der Waals surface area contributed by atoms with Crippen LogP contribution in [0.2, 0.25) is 0 Å². The van der Waals surface area contributed by atoms with Gasteiger partial charge in [0.25, 0.3) is 5.91 Å². The van der Waals surface area contributed by atoms with Crippen LogP contribution in [-0.4, -0.2) is 40.4 Å². The van der Waals surface area contributed by atoms with Crippen LogP contribution in [0.15, 0.2) is 30.5 Å². The van der Waals surface area contributed by atoms with E-state index in [-0.39, 0.29) is 33.7 Å². The molecule has 2 heterocycles. The lowest BCUT2D eigenvalue weighted by Gasteiger charge is -2.08. The van der Waals surface area contributed by atoms with Crippen molar-refractivity contribution in [2.75, 3.05) is 19.0 Å². The normalized spacial score (nSPS) is 11.3. The number of rotatable bonds is 6. The van der Waals surface area contributed by atoms with E-state index in [0.717, 1.165) is 28.2 Å². The quantitative estimate of drug-likeness (QED) is 0.564. The summed E-state index contributed by atoms with van der Waals surface area (Å²) < 4.78 is 50.2. The predicted molar refractivity (Wildman–Crippen MR) is 106 cm³/mol. The highest BCUT2D eigenvalue weighted by atomic mass is 32.1. The van der Waals surface area contributed by atoms with Crippen molar-refractivity contribution in [3.63, 3.8) is 0 Å². The van der Waals surface area contributed by atoms with Crippen LogP contribution < -0.4 is 10.1 Å². The number of hydrogen-bond acceptors (Lipinski definition) is 7. The second-order valence-corrected chi connectivity index (χ2v) is 7.15. The third-order valence-electron chi connectivity index (χ3n) is 4.03. The van der Waals surface area contributed by atoms with Gasteiger partial charge in [-0.1, -0.05) is 17.4 Å². The van der Waals surface area contributed by atoms with Crippen molar-refractivity contribution in [1.29, 1.82) is 0 Å². The molecule has 3 rings (SSSR count). The first-order chi connectivity index (χ1) is 14.6. The first-order valence-corrected chi connectivity index (χ1v) is 9.72. The largest absolute Gasteiger partial charge is 0.493 e. The number of methoxy groups -OCH3 is 1. The summed E-state index contributed by atoms with van der Waals surface area (Å²) in [6, 6.07) is 4.49. The number of amides is 1. The van der Waals surface area contributed by atoms with Crippen LogP contribution in [0.4, 0.5) is 18.3 Å². The van der Waals surface area contributed by atoms with Crippen LogP contribution in [0.5, 0.6) is 5.75 Å². The van der Waals surface area contributed by atoms with Crippen molar-refractivity contribution >= 4 is 28.3 Å². The van der Waals surface area contributed by atoms with E-state index >= 15 is 0 Å². The monoisotopic (exact) mass is 454 g/mol. The molecular formula is C19H17F3N4O4S. The van der Waals surface area contributed by atoms with E-state index < -0.39 is 23.6 Å². The molecule has 31 heavy (non-hydrogen) atoms. The van der Waals surface area contributed by atoms with E-state index in [9.17, 15) is 22.8 Å². The van der Waals surface area contributed by atoms with E-state index in [1.807, 2.05) is 0 Å². The van der Waals surface area contributed by atoms with Gasteiger partial charge in [-0.3, -0.25) is 10.1 Å². The van der Waals surface area contributed by atoms with Crippen molar-refractivity contribution in [3.05, 3.63) is 52.3 Å². The predicted octanol–water partition coefficient (Wildman–Crippen LogP) is 4.09. The topological polar surface area (TPSA) is 95.3 Å². The lowest BCUT2D eigenvalue weighted by molar-refractivity contribution is -0.137. The summed E-state index contributed by atoms with van der Waals surface area (Å²) in [4.78, 5) is 29.0. The third-order valence-corrected chi connectivity index (χ3v) is 5.08. The van der Waals surface area contributed by atoms with Gasteiger partial charge >= 0.3 is 12.1 Å². The molecule has 12 heteroatoms. The Kier molecular flexibility index (Phi) is 6.29. The molecule has 3 aromatic rings. The summed E-state index contributed by atoms with van der Waals surface area (Å²) in [6.07, 6.45) is -3.23. The molecular weight excluding hydrogens is 437 g/mol. The highest BCUT2D eigenvalue weighted by molar-refractivity contribution is 7.17. The zero-order chi connectivity index (χ0) is 22.8. The highest BCUT2D eigenvalue weighted by Gasteiger charge is 2.31. The number of nitrogens with one attached hydrogen (secondary N) is 1. The molecule has 0 aliphatic rings. The Balaban J connectivity index is 1.87. The van der Waals surface area contributed by atoms with Gasteiger partial charge < -0.3 is 9.47 Å². The van der Waals surface area contributed by atoms with Crippen LogP contribution in [0.25, 0.3) is 5.69 Å². The van der Waals surface area contributed by atoms with Gasteiger partial charge in [0.2, 0.25) is 0 Å². The molecule has 0 aliphatic heterocycles. The summed E-state index contributed by atoms with van der Waals surface area (Å²) in [5.41, 5.74) is -0.525. The molecule has 0 atom stereocenters. The number of hydrogen-bond donors (Lipinski definition) is 1. The Bertz CT molecular complexity index is 1120. The number of carbonyl (C=O) groups is 2.